The molecule has 1 aliphatic rings. The molecule has 0 radical (unpaired) electrons. The number of hydrogen-bond donors (Lipinski definition) is 1. The summed E-state index contributed by atoms with van der Waals surface area (Å²) < 4.78 is 6.56. The topological polar surface area (TPSA) is 101 Å². The number of carbonyl (C=O) groups excluding carboxylic acids is 1. The Bertz CT molecular complexity index is 785. The molecule has 128 valence electrons. The molecular formula is C17H16BrN5O2. The van der Waals surface area contributed by atoms with Crippen molar-refractivity contribution in [3.63, 3.8) is 0 Å². The van der Waals surface area contributed by atoms with E-state index in [1.165, 1.54) is 6.20 Å². The molecule has 2 aromatic heterocycles. The minimum absolute atomic E-state index is 0.0753. The number of amides is 1. The van der Waals surface area contributed by atoms with E-state index in [0.717, 1.165) is 25.7 Å². The average molecular weight is 402 g/mol. The lowest BCUT2D eigenvalue weighted by atomic mass is 9.93. The van der Waals surface area contributed by atoms with Crippen LogP contribution in [0.4, 0.5) is 0 Å². The zero-order valence-corrected chi connectivity index (χ0v) is 14.9. The molecule has 7 nitrogen and oxygen atoms in total. The van der Waals surface area contributed by atoms with Crippen LogP contribution in [0.15, 0.2) is 35.1 Å². The molecule has 3 rings (SSSR count). The van der Waals surface area contributed by atoms with Crippen molar-refractivity contribution >= 4 is 21.8 Å². The second-order valence-corrected chi connectivity index (χ2v) is 6.64. The van der Waals surface area contributed by atoms with Crippen molar-refractivity contribution in [3.05, 3.63) is 46.5 Å². The van der Waals surface area contributed by atoms with Crippen molar-refractivity contribution in [1.29, 1.82) is 5.26 Å². The zero-order valence-electron chi connectivity index (χ0n) is 13.4. The average Bonchev–Trinajstić information content (AvgIpc) is 2.64. The van der Waals surface area contributed by atoms with Crippen LogP contribution in [0.5, 0.6) is 5.75 Å². The lowest BCUT2D eigenvalue weighted by Gasteiger charge is -2.29. The van der Waals surface area contributed by atoms with Crippen molar-refractivity contribution in [3.8, 4) is 11.8 Å². The molecule has 0 atom stereocenters. The van der Waals surface area contributed by atoms with Gasteiger partial charge in [0.2, 0.25) is 0 Å². The minimum Gasteiger partial charge on any atom is -0.489 e. The van der Waals surface area contributed by atoms with E-state index in [1.54, 1.807) is 24.4 Å². The maximum absolute atomic E-state index is 12.1. The van der Waals surface area contributed by atoms with E-state index in [1.807, 2.05) is 6.07 Å². The van der Waals surface area contributed by atoms with Crippen LogP contribution >= 0.6 is 15.9 Å². The third-order valence-electron chi connectivity index (χ3n) is 4.04. The Kier molecular flexibility index (Phi) is 5.56. The fourth-order valence-electron chi connectivity index (χ4n) is 2.77. The lowest BCUT2D eigenvalue weighted by molar-refractivity contribution is 0.0887. The van der Waals surface area contributed by atoms with Crippen LogP contribution in [-0.4, -0.2) is 33.2 Å². The van der Waals surface area contributed by atoms with Crippen molar-refractivity contribution in [2.75, 3.05) is 0 Å². The van der Waals surface area contributed by atoms with Gasteiger partial charge in [0.25, 0.3) is 5.91 Å². The lowest BCUT2D eigenvalue weighted by Crippen LogP contribution is -2.40. The fraction of sp³-hybridized carbons (Fsp3) is 0.353. The highest BCUT2D eigenvalue weighted by atomic mass is 79.9. The number of halogens is 1. The quantitative estimate of drug-likeness (QED) is 0.844. The summed E-state index contributed by atoms with van der Waals surface area (Å²) in [5, 5.41) is 19.4. The molecule has 25 heavy (non-hydrogen) atoms. The van der Waals surface area contributed by atoms with Gasteiger partial charge in [-0.1, -0.05) is 0 Å². The van der Waals surface area contributed by atoms with Crippen LogP contribution in [0, 0.1) is 11.3 Å². The maximum Gasteiger partial charge on any atom is 0.272 e. The van der Waals surface area contributed by atoms with Gasteiger partial charge in [-0.3, -0.25) is 4.79 Å². The highest BCUT2D eigenvalue weighted by Crippen LogP contribution is 2.26. The molecule has 0 bridgehead atoms. The van der Waals surface area contributed by atoms with E-state index in [-0.39, 0.29) is 18.1 Å². The third kappa shape index (κ3) is 4.51. The van der Waals surface area contributed by atoms with Gasteiger partial charge in [0.1, 0.15) is 11.8 Å². The number of hydrogen-bond acceptors (Lipinski definition) is 6. The molecule has 0 aliphatic heterocycles. The number of nitriles is 1. The molecule has 1 saturated carbocycles. The van der Waals surface area contributed by atoms with Gasteiger partial charge in [-0.2, -0.15) is 10.4 Å². The molecule has 2 aromatic rings. The van der Waals surface area contributed by atoms with Gasteiger partial charge < -0.3 is 10.1 Å². The standard InChI is InChI=1S/C17H16BrN5O2/c18-14-8-13(10-20-16(14)9-19)25-12-5-3-11(4-6-12)22-17(24)15-2-1-7-21-23-15/h1-2,7-8,10-12H,3-6H2,(H,22,24). The normalized spacial score (nSPS) is 19.7. The Hall–Kier alpha value is -2.53. The van der Waals surface area contributed by atoms with E-state index >= 15 is 0 Å². The fourth-order valence-corrected chi connectivity index (χ4v) is 3.18. The third-order valence-corrected chi connectivity index (χ3v) is 4.64. The molecule has 1 fully saturated rings. The summed E-state index contributed by atoms with van der Waals surface area (Å²) in [5.41, 5.74) is 0.664. The summed E-state index contributed by atoms with van der Waals surface area (Å²) >= 11 is 3.31. The van der Waals surface area contributed by atoms with Crippen LogP contribution in [0.25, 0.3) is 0 Å². The largest absolute Gasteiger partial charge is 0.489 e. The Labute approximate surface area is 153 Å². The molecule has 8 heteroatoms. The summed E-state index contributed by atoms with van der Waals surface area (Å²) in [6.07, 6.45) is 6.52. The van der Waals surface area contributed by atoms with E-state index in [4.69, 9.17) is 10.00 Å². The Morgan fingerprint density at radius 1 is 1.36 bits per heavy atom. The molecule has 2 heterocycles. The van der Waals surface area contributed by atoms with Gasteiger partial charge in [0.15, 0.2) is 11.4 Å². The molecule has 1 amide bonds. The Morgan fingerprint density at radius 2 is 2.16 bits per heavy atom. The van der Waals surface area contributed by atoms with Gasteiger partial charge in [-0.05, 0) is 59.8 Å². The van der Waals surface area contributed by atoms with Crippen molar-refractivity contribution in [2.24, 2.45) is 0 Å². The second-order valence-electron chi connectivity index (χ2n) is 5.79. The van der Waals surface area contributed by atoms with Crippen molar-refractivity contribution < 1.29 is 9.53 Å². The molecule has 1 N–H and O–H groups in total. The van der Waals surface area contributed by atoms with Crippen LogP contribution in [0.3, 0.4) is 0 Å². The van der Waals surface area contributed by atoms with Crippen LogP contribution < -0.4 is 10.1 Å². The number of rotatable bonds is 4. The molecule has 1 aliphatic carbocycles. The minimum atomic E-state index is -0.197. The number of nitrogens with one attached hydrogen (secondary N) is 1. The van der Waals surface area contributed by atoms with Gasteiger partial charge >= 0.3 is 0 Å². The number of carbonyl (C=O) groups is 1. The first-order valence-corrected chi connectivity index (χ1v) is 8.76. The Balaban J connectivity index is 1.50. The summed E-state index contributed by atoms with van der Waals surface area (Å²) in [4.78, 5) is 16.1. The number of aromatic nitrogens is 3. The number of pyridine rings is 1. The summed E-state index contributed by atoms with van der Waals surface area (Å²) in [7, 11) is 0. The number of nitrogens with zero attached hydrogens (tertiary/aromatic N) is 4. The first-order chi connectivity index (χ1) is 12.2. The van der Waals surface area contributed by atoms with Crippen LogP contribution in [-0.2, 0) is 0 Å². The molecule has 0 unspecified atom stereocenters. The highest BCUT2D eigenvalue weighted by molar-refractivity contribution is 9.10. The van der Waals surface area contributed by atoms with Gasteiger partial charge in [0, 0.05) is 12.2 Å². The second kappa shape index (κ2) is 8.03. The monoisotopic (exact) mass is 401 g/mol. The summed E-state index contributed by atoms with van der Waals surface area (Å²) in [5.74, 6) is 0.440. The first kappa shape index (κ1) is 17.3. The Morgan fingerprint density at radius 3 is 2.80 bits per heavy atom. The number of ether oxygens (including phenoxy) is 1. The molecule has 0 saturated heterocycles. The van der Waals surface area contributed by atoms with E-state index in [9.17, 15) is 4.79 Å². The maximum atomic E-state index is 12.1. The predicted molar refractivity (Wildman–Crippen MR) is 92.8 cm³/mol. The van der Waals surface area contributed by atoms with Gasteiger partial charge in [-0.25, -0.2) is 4.98 Å². The van der Waals surface area contributed by atoms with E-state index < -0.39 is 0 Å². The molecular weight excluding hydrogens is 386 g/mol. The van der Waals surface area contributed by atoms with Crippen molar-refractivity contribution in [1.82, 2.24) is 20.5 Å². The predicted octanol–water partition coefficient (Wildman–Crippen LogP) is 2.63. The molecule has 0 spiro atoms. The smallest absolute Gasteiger partial charge is 0.272 e. The van der Waals surface area contributed by atoms with Gasteiger partial charge in [-0.15, -0.1) is 5.10 Å². The zero-order chi connectivity index (χ0) is 17.6. The van der Waals surface area contributed by atoms with Crippen LogP contribution in [0.1, 0.15) is 41.9 Å². The molecule has 0 aromatic carbocycles. The highest BCUT2D eigenvalue weighted by Gasteiger charge is 2.24. The van der Waals surface area contributed by atoms with Crippen LogP contribution in [0.2, 0.25) is 0 Å². The SMILES string of the molecule is N#Cc1ncc(OC2CCC(NC(=O)c3cccnn3)CC2)cc1Br. The van der Waals surface area contributed by atoms with E-state index in [0.29, 0.717) is 21.6 Å². The first-order valence-electron chi connectivity index (χ1n) is 7.96. The summed E-state index contributed by atoms with van der Waals surface area (Å²) in [6.45, 7) is 0. The van der Waals surface area contributed by atoms with Gasteiger partial charge in [0.05, 0.1) is 16.8 Å². The summed E-state index contributed by atoms with van der Waals surface area (Å²) in [6, 6.07) is 7.21. The van der Waals surface area contributed by atoms with E-state index in [2.05, 4.69) is 36.4 Å². The van der Waals surface area contributed by atoms with Crippen molar-refractivity contribution in [2.45, 2.75) is 37.8 Å².